The van der Waals surface area contributed by atoms with Crippen molar-refractivity contribution in [3.8, 4) is 11.3 Å². The average Bonchev–Trinajstić information content (AvgIpc) is 2.25. The molecule has 0 radical (unpaired) electrons. The first-order valence-electron chi connectivity index (χ1n) is 4.42. The fourth-order valence-electron chi connectivity index (χ4n) is 1.33. The van der Waals surface area contributed by atoms with E-state index in [1.807, 2.05) is 30.3 Å². The van der Waals surface area contributed by atoms with Crippen molar-refractivity contribution in [3.05, 3.63) is 51.8 Å². The number of pyridine rings is 1. The first-order chi connectivity index (χ1) is 7.18. The second-order valence-corrected chi connectivity index (χ2v) is 3.55. The summed E-state index contributed by atoms with van der Waals surface area (Å²) in [6.45, 7) is 0. The first kappa shape index (κ1) is 9.80. The number of anilines is 1. The molecule has 0 saturated carbocycles. The van der Waals surface area contributed by atoms with Gasteiger partial charge in [0.25, 0.3) is 5.56 Å². The maximum atomic E-state index is 11.3. The summed E-state index contributed by atoms with van der Waals surface area (Å²) in [4.78, 5) is 14.0. The highest BCUT2D eigenvalue weighted by Gasteiger charge is 2.06. The number of nitrogens with one attached hydrogen (secondary N) is 1. The summed E-state index contributed by atoms with van der Waals surface area (Å²) in [7, 11) is 0. The number of H-pyrrole nitrogens is 1. The van der Waals surface area contributed by atoms with Crippen molar-refractivity contribution in [2.45, 2.75) is 0 Å². The Labute approximate surface area is 91.5 Å². The lowest BCUT2D eigenvalue weighted by atomic mass is 10.1. The standard InChI is InChI=1S/C11H9ClN2O/c12-8-6-9(13)11(15)14-10(8)7-4-2-1-3-5-7/h1-6H,13H2,(H,14,15). The van der Waals surface area contributed by atoms with Crippen LogP contribution in [0.4, 0.5) is 5.69 Å². The zero-order valence-corrected chi connectivity index (χ0v) is 8.58. The Hall–Kier alpha value is -1.74. The zero-order chi connectivity index (χ0) is 10.8. The van der Waals surface area contributed by atoms with Crippen molar-refractivity contribution in [2.24, 2.45) is 0 Å². The SMILES string of the molecule is Nc1cc(Cl)c(-c2ccccc2)[nH]c1=O. The molecule has 1 aromatic heterocycles. The molecular formula is C11H9ClN2O. The Balaban J connectivity index is 2.64. The van der Waals surface area contributed by atoms with Gasteiger partial charge in [0.2, 0.25) is 0 Å². The Bertz CT molecular complexity index is 534. The molecule has 76 valence electrons. The van der Waals surface area contributed by atoms with Crippen molar-refractivity contribution in [2.75, 3.05) is 5.73 Å². The molecule has 0 unspecified atom stereocenters. The molecule has 3 nitrogen and oxygen atoms in total. The largest absolute Gasteiger partial charge is 0.394 e. The average molecular weight is 221 g/mol. The minimum absolute atomic E-state index is 0.125. The van der Waals surface area contributed by atoms with Crippen LogP contribution in [0.3, 0.4) is 0 Å². The zero-order valence-electron chi connectivity index (χ0n) is 7.83. The molecule has 2 rings (SSSR count). The second kappa shape index (κ2) is 3.79. The summed E-state index contributed by atoms with van der Waals surface area (Å²) >= 11 is 5.99. The maximum Gasteiger partial charge on any atom is 0.271 e. The molecular weight excluding hydrogens is 212 g/mol. The summed E-state index contributed by atoms with van der Waals surface area (Å²) < 4.78 is 0. The predicted octanol–water partition coefficient (Wildman–Crippen LogP) is 2.28. The quantitative estimate of drug-likeness (QED) is 0.775. The molecule has 0 saturated heterocycles. The minimum Gasteiger partial charge on any atom is -0.394 e. The van der Waals surface area contributed by atoms with E-state index in [4.69, 9.17) is 17.3 Å². The number of hydrogen-bond donors (Lipinski definition) is 2. The van der Waals surface area contributed by atoms with Crippen LogP contribution in [-0.2, 0) is 0 Å². The van der Waals surface area contributed by atoms with Crippen molar-refractivity contribution in [1.29, 1.82) is 0 Å². The summed E-state index contributed by atoms with van der Waals surface area (Å²) in [5, 5.41) is 0.443. The van der Waals surface area contributed by atoms with Gasteiger partial charge in [-0.05, 0) is 11.6 Å². The molecule has 1 aromatic carbocycles. The van der Waals surface area contributed by atoms with E-state index in [9.17, 15) is 4.79 Å². The summed E-state index contributed by atoms with van der Waals surface area (Å²) in [5.74, 6) is 0. The number of aromatic amines is 1. The third-order valence-electron chi connectivity index (χ3n) is 2.08. The monoisotopic (exact) mass is 220 g/mol. The van der Waals surface area contributed by atoms with E-state index >= 15 is 0 Å². The molecule has 0 bridgehead atoms. The topological polar surface area (TPSA) is 58.9 Å². The molecule has 1 heterocycles. The van der Waals surface area contributed by atoms with Gasteiger partial charge < -0.3 is 10.7 Å². The molecule has 0 aliphatic rings. The van der Waals surface area contributed by atoms with Crippen molar-refractivity contribution < 1.29 is 0 Å². The van der Waals surface area contributed by atoms with Crippen molar-refractivity contribution in [1.82, 2.24) is 4.98 Å². The van der Waals surface area contributed by atoms with Gasteiger partial charge in [0.05, 0.1) is 16.4 Å². The Kier molecular flexibility index (Phi) is 2.47. The second-order valence-electron chi connectivity index (χ2n) is 3.14. The van der Waals surface area contributed by atoms with Crippen LogP contribution in [0.2, 0.25) is 5.02 Å². The van der Waals surface area contributed by atoms with Crippen LogP contribution in [0, 0.1) is 0 Å². The van der Waals surface area contributed by atoms with Gasteiger partial charge in [-0.1, -0.05) is 41.9 Å². The summed E-state index contributed by atoms with van der Waals surface area (Å²) in [6, 6.07) is 10.8. The number of rotatable bonds is 1. The highest BCUT2D eigenvalue weighted by Crippen LogP contribution is 2.24. The minimum atomic E-state index is -0.321. The maximum absolute atomic E-state index is 11.3. The van der Waals surface area contributed by atoms with Gasteiger partial charge in [0.15, 0.2) is 0 Å². The number of benzene rings is 1. The van der Waals surface area contributed by atoms with E-state index in [1.54, 1.807) is 0 Å². The predicted molar refractivity (Wildman–Crippen MR) is 61.9 cm³/mol. The van der Waals surface area contributed by atoms with Crippen LogP contribution in [-0.4, -0.2) is 4.98 Å². The van der Waals surface area contributed by atoms with E-state index < -0.39 is 0 Å². The molecule has 2 aromatic rings. The number of hydrogen-bond acceptors (Lipinski definition) is 2. The lowest BCUT2D eigenvalue weighted by molar-refractivity contribution is 1.25. The molecule has 4 heteroatoms. The van der Waals surface area contributed by atoms with Gasteiger partial charge in [0, 0.05) is 0 Å². The van der Waals surface area contributed by atoms with E-state index in [0.29, 0.717) is 10.7 Å². The van der Waals surface area contributed by atoms with Crippen LogP contribution in [0.1, 0.15) is 0 Å². The highest BCUT2D eigenvalue weighted by atomic mass is 35.5. The van der Waals surface area contributed by atoms with E-state index in [1.165, 1.54) is 6.07 Å². The van der Waals surface area contributed by atoms with E-state index in [-0.39, 0.29) is 11.2 Å². The molecule has 0 aliphatic heterocycles. The summed E-state index contributed by atoms with van der Waals surface area (Å²) in [6.07, 6.45) is 0. The number of nitrogen functional groups attached to an aromatic ring is 1. The van der Waals surface area contributed by atoms with E-state index in [0.717, 1.165) is 5.56 Å². The molecule has 0 spiro atoms. The van der Waals surface area contributed by atoms with Crippen LogP contribution in [0.15, 0.2) is 41.2 Å². The normalized spacial score (nSPS) is 10.2. The number of halogens is 1. The Morgan fingerprint density at radius 2 is 1.87 bits per heavy atom. The lowest BCUT2D eigenvalue weighted by Gasteiger charge is -2.04. The van der Waals surface area contributed by atoms with Crippen LogP contribution in [0.5, 0.6) is 0 Å². The lowest BCUT2D eigenvalue weighted by Crippen LogP contribution is -2.12. The molecule has 3 N–H and O–H groups in total. The molecule has 15 heavy (non-hydrogen) atoms. The molecule has 0 fully saturated rings. The Morgan fingerprint density at radius 3 is 2.53 bits per heavy atom. The summed E-state index contributed by atoms with van der Waals surface area (Å²) in [5.41, 5.74) is 6.70. The highest BCUT2D eigenvalue weighted by molar-refractivity contribution is 6.33. The van der Waals surface area contributed by atoms with Gasteiger partial charge in [-0.25, -0.2) is 0 Å². The van der Waals surface area contributed by atoms with Crippen molar-refractivity contribution in [3.63, 3.8) is 0 Å². The van der Waals surface area contributed by atoms with Gasteiger partial charge in [-0.3, -0.25) is 4.79 Å². The first-order valence-corrected chi connectivity index (χ1v) is 4.80. The molecule has 0 amide bonds. The number of aromatic nitrogens is 1. The van der Waals surface area contributed by atoms with Crippen LogP contribution >= 0.6 is 11.6 Å². The van der Waals surface area contributed by atoms with Gasteiger partial charge in [-0.2, -0.15) is 0 Å². The smallest absolute Gasteiger partial charge is 0.271 e. The third-order valence-corrected chi connectivity index (χ3v) is 2.38. The third kappa shape index (κ3) is 1.87. The Morgan fingerprint density at radius 1 is 1.20 bits per heavy atom. The van der Waals surface area contributed by atoms with Crippen LogP contribution < -0.4 is 11.3 Å². The van der Waals surface area contributed by atoms with Gasteiger partial charge in [-0.15, -0.1) is 0 Å². The van der Waals surface area contributed by atoms with Crippen LogP contribution in [0.25, 0.3) is 11.3 Å². The van der Waals surface area contributed by atoms with Crippen molar-refractivity contribution >= 4 is 17.3 Å². The van der Waals surface area contributed by atoms with Gasteiger partial charge >= 0.3 is 0 Å². The number of nitrogens with two attached hydrogens (primary N) is 1. The van der Waals surface area contributed by atoms with E-state index in [2.05, 4.69) is 4.98 Å². The fraction of sp³-hybridized carbons (Fsp3) is 0. The van der Waals surface area contributed by atoms with Gasteiger partial charge in [0.1, 0.15) is 0 Å². The molecule has 0 aliphatic carbocycles. The fourth-order valence-corrected chi connectivity index (χ4v) is 1.61. The molecule has 0 atom stereocenters.